The second kappa shape index (κ2) is 12.6. The molecule has 2 fully saturated rings. The summed E-state index contributed by atoms with van der Waals surface area (Å²) in [5.74, 6) is -0.744. The van der Waals surface area contributed by atoms with Gasteiger partial charge in [0.25, 0.3) is 11.8 Å². The Hall–Kier alpha value is -5.71. The number of carbonyl (C=O) groups excluding carboxylic acids is 3. The van der Waals surface area contributed by atoms with Gasteiger partial charge in [-0.1, -0.05) is 0 Å². The van der Waals surface area contributed by atoms with Crippen molar-refractivity contribution in [3.63, 3.8) is 0 Å². The summed E-state index contributed by atoms with van der Waals surface area (Å²) in [4.78, 5) is 56.7. The minimum Gasteiger partial charge on any atom is -0.381 e. The average molecular weight is 688 g/mol. The number of fused-ring (bicyclic) bond motifs is 3. The third kappa shape index (κ3) is 5.72. The second-order valence-corrected chi connectivity index (χ2v) is 13.8. The highest BCUT2D eigenvalue weighted by molar-refractivity contribution is 7.17. The maximum Gasteiger partial charge on any atom is 0.259 e. The number of hydrogen-bond donors (Lipinski definition) is 2. The number of thiophene rings is 1. The fourth-order valence-electron chi connectivity index (χ4n) is 6.96. The summed E-state index contributed by atoms with van der Waals surface area (Å²) >= 11 is 1.24. The molecule has 2 aromatic carbocycles. The van der Waals surface area contributed by atoms with Crippen LogP contribution in [0.3, 0.4) is 0 Å². The number of H-pyrrole nitrogens is 1. The van der Waals surface area contributed by atoms with Gasteiger partial charge < -0.3 is 24.8 Å². The topological polar surface area (TPSA) is 144 Å². The lowest BCUT2D eigenvalue weighted by molar-refractivity contribution is -0.000510. The number of aromatic amines is 1. The Balaban J connectivity index is 0.993. The second-order valence-electron chi connectivity index (χ2n) is 12.8. The zero-order valence-corrected chi connectivity index (χ0v) is 27.6. The molecule has 3 aromatic heterocycles. The van der Waals surface area contributed by atoms with Crippen molar-refractivity contribution in [2.45, 2.75) is 19.3 Å². The Bertz CT molecular complexity index is 2190. The zero-order chi connectivity index (χ0) is 34.4. The van der Waals surface area contributed by atoms with Gasteiger partial charge in [0.1, 0.15) is 17.7 Å². The van der Waals surface area contributed by atoms with Gasteiger partial charge in [-0.25, -0.2) is 14.4 Å². The maximum absolute atomic E-state index is 14.7. The van der Waals surface area contributed by atoms with Crippen molar-refractivity contribution in [3.05, 3.63) is 112 Å². The SMILES string of the molecule is N#Cc1c[nH]c(C(=O)c2cc3c(s2)-c2ccc(F)cc2N(C(=O)c2ccc(NC(=O)c4cccnc4N4CC5(CCOCC5)C4)cc2)CC3)n1. The van der Waals surface area contributed by atoms with Gasteiger partial charge in [-0.05, 0) is 85.5 Å². The molecule has 13 heteroatoms. The average Bonchev–Trinajstić information content (AvgIpc) is 3.76. The van der Waals surface area contributed by atoms with Crippen LogP contribution in [0.15, 0.2) is 73.1 Å². The molecule has 0 radical (unpaired) electrons. The van der Waals surface area contributed by atoms with Crippen molar-refractivity contribution in [2.24, 2.45) is 5.41 Å². The molecule has 2 N–H and O–H groups in total. The van der Waals surface area contributed by atoms with Gasteiger partial charge in [0, 0.05) is 72.3 Å². The van der Waals surface area contributed by atoms with Crippen LogP contribution in [0.1, 0.15) is 60.3 Å². The largest absolute Gasteiger partial charge is 0.381 e. The lowest BCUT2D eigenvalue weighted by Gasteiger charge is -2.53. The van der Waals surface area contributed by atoms with Crippen LogP contribution in [-0.2, 0) is 11.2 Å². The Morgan fingerprint density at radius 2 is 1.86 bits per heavy atom. The number of carbonyl (C=O) groups is 3. The summed E-state index contributed by atoms with van der Waals surface area (Å²) in [7, 11) is 0. The van der Waals surface area contributed by atoms with E-state index in [1.54, 1.807) is 59.6 Å². The first-order valence-corrected chi connectivity index (χ1v) is 17.1. The lowest BCUT2D eigenvalue weighted by atomic mass is 9.73. The number of anilines is 3. The minimum atomic E-state index is -0.494. The molecule has 2 amide bonds. The van der Waals surface area contributed by atoms with Crippen molar-refractivity contribution in [2.75, 3.05) is 48.0 Å². The van der Waals surface area contributed by atoms with E-state index in [0.717, 1.165) is 49.6 Å². The number of benzene rings is 2. The number of ether oxygens (including phenoxy) is 1. The quantitative estimate of drug-likeness (QED) is 0.212. The predicted octanol–water partition coefficient (Wildman–Crippen LogP) is 5.85. The smallest absolute Gasteiger partial charge is 0.259 e. The number of pyridine rings is 1. The molecule has 1 spiro atoms. The summed E-state index contributed by atoms with van der Waals surface area (Å²) in [5.41, 5.74) is 3.59. The van der Waals surface area contributed by atoms with E-state index in [4.69, 9.17) is 10.00 Å². The Labute approximate surface area is 290 Å². The van der Waals surface area contributed by atoms with Crippen molar-refractivity contribution in [1.82, 2.24) is 15.0 Å². The van der Waals surface area contributed by atoms with Crippen molar-refractivity contribution in [1.29, 1.82) is 5.26 Å². The molecule has 8 rings (SSSR count). The van der Waals surface area contributed by atoms with Crippen LogP contribution in [0.5, 0.6) is 0 Å². The molecule has 0 saturated carbocycles. The van der Waals surface area contributed by atoms with Crippen molar-refractivity contribution < 1.29 is 23.5 Å². The molecule has 3 aliphatic heterocycles. The molecule has 250 valence electrons. The summed E-state index contributed by atoms with van der Waals surface area (Å²) in [6, 6.07) is 18.1. The number of amides is 2. The van der Waals surface area contributed by atoms with Gasteiger partial charge in [0.2, 0.25) is 5.78 Å². The minimum absolute atomic E-state index is 0.0641. The highest BCUT2D eigenvalue weighted by Gasteiger charge is 2.45. The lowest BCUT2D eigenvalue weighted by Crippen LogP contribution is -2.59. The van der Waals surface area contributed by atoms with Gasteiger partial charge in [-0.2, -0.15) is 5.26 Å². The molecule has 0 atom stereocenters. The molecule has 0 bridgehead atoms. The molecule has 6 heterocycles. The molecular weight excluding hydrogens is 658 g/mol. The summed E-state index contributed by atoms with van der Waals surface area (Å²) in [6.45, 7) is 3.46. The molecule has 0 unspecified atom stereocenters. The number of aromatic nitrogens is 3. The van der Waals surface area contributed by atoms with Gasteiger partial charge in [0.05, 0.1) is 16.1 Å². The van der Waals surface area contributed by atoms with Crippen molar-refractivity contribution in [3.8, 4) is 16.5 Å². The Kier molecular flexibility index (Phi) is 7.97. The number of halogens is 1. The van der Waals surface area contributed by atoms with Gasteiger partial charge >= 0.3 is 0 Å². The van der Waals surface area contributed by atoms with E-state index < -0.39 is 5.82 Å². The fourth-order valence-corrected chi connectivity index (χ4v) is 8.15. The van der Waals surface area contributed by atoms with Crippen LogP contribution in [0.2, 0.25) is 0 Å². The Morgan fingerprint density at radius 1 is 1.06 bits per heavy atom. The van der Waals surface area contributed by atoms with Crippen LogP contribution in [0.4, 0.5) is 21.6 Å². The van der Waals surface area contributed by atoms with Crippen LogP contribution in [0, 0.1) is 22.6 Å². The molecule has 0 aliphatic carbocycles. The summed E-state index contributed by atoms with van der Waals surface area (Å²) < 4.78 is 20.2. The fraction of sp³-hybridized carbons (Fsp3) is 0.243. The van der Waals surface area contributed by atoms with E-state index in [-0.39, 0.29) is 41.1 Å². The zero-order valence-electron chi connectivity index (χ0n) is 26.7. The van der Waals surface area contributed by atoms with E-state index in [0.29, 0.717) is 45.2 Å². The molecule has 50 heavy (non-hydrogen) atoms. The normalized spacial score (nSPS) is 16.1. The first-order valence-electron chi connectivity index (χ1n) is 16.2. The molecule has 11 nitrogen and oxygen atoms in total. The van der Waals surface area contributed by atoms with E-state index in [1.165, 1.54) is 29.7 Å². The number of nitriles is 1. The number of ketones is 1. The number of nitrogens with one attached hydrogen (secondary N) is 2. The van der Waals surface area contributed by atoms with Crippen molar-refractivity contribution >= 4 is 46.1 Å². The number of hydrogen-bond acceptors (Lipinski definition) is 9. The van der Waals surface area contributed by atoms with Crippen LogP contribution < -0.4 is 15.1 Å². The van der Waals surface area contributed by atoms with Gasteiger partial charge in [0.15, 0.2) is 11.5 Å². The molecule has 5 aromatic rings. The first kappa shape index (κ1) is 31.6. The van der Waals surface area contributed by atoms with E-state index in [9.17, 15) is 18.8 Å². The molecule has 3 aliphatic rings. The van der Waals surface area contributed by atoms with Crippen LogP contribution >= 0.6 is 11.3 Å². The standard InChI is InChI=1S/C37H30FN7O4S/c38-24-5-8-27-29(17-24)45(13-9-23-16-30(50-32(23)27)31(46)33-41-19-26(18-39)42-33)36(48)22-3-6-25(7-4-22)43-35(47)28-2-1-12-40-34(28)44-20-37(21-44)10-14-49-15-11-37/h1-8,12,16-17,19H,9-11,13-15,20-21H2,(H,41,42)(H,43,47). The number of rotatable bonds is 6. The van der Waals surface area contributed by atoms with E-state index in [1.807, 2.05) is 6.07 Å². The third-order valence-corrected chi connectivity index (χ3v) is 10.8. The molecular formula is C37H30FN7O4S. The summed E-state index contributed by atoms with van der Waals surface area (Å²) in [5, 5.41) is 12.0. The van der Waals surface area contributed by atoms with Crippen LogP contribution in [-0.4, -0.2) is 65.4 Å². The van der Waals surface area contributed by atoms with Gasteiger partial charge in [-0.15, -0.1) is 11.3 Å². The van der Waals surface area contributed by atoms with E-state index >= 15 is 0 Å². The van der Waals surface area contributed by atoms with Gasteiger partial charge in [-0.3, -0.25) is 14.4 Å². The monoisotopic (exact) mass is 687 g/mol. The number of imidazole rings is 1. The predicted molar refractivity (Wildman–Crippen MR) is 185 cm³/mol. The third-order valence-electron chi connectivity index (χ3n) is 9.61. The molecule has 2 saturated heterocycles. The maximum atomic E-state index is 14.7. The number of nitrogens with zero attached hydrogens (tertiary/aromatic N) is 5. The van der Waals surface area contributed by atoms with Crippen LogP contribution in [0.25, 0.3) is 10.4 Å². The van der Waals surface area contributed by atoms with E-state index in [2.05, 4.69) is 25.2 Å². The highest BCUT2D eigenvalue weighted by Crippen LogP contribution is 2.44. The summed E-state index contributed by atoms with van der Waals surface area (Å²) in [6.07, 6.45) is 5.52. The Morgan fingerprint density at radius 3 is 2.62 bits per heavy atom. The first-order chi connectivity index (χ1) is 24.3. The highest BCUT2D eigenvalue weighted by atomic mass is 32.1.